The first-order chi connectivity index (χ1) is 28.2. The largest absolute Gasteiger partial charge is 0.374 e. The molecule has 0 radical (unpaired) electrons. The third kappa shape index (κ3) is 8.07. The maximum atomic E-state index is 7.15. The summed E-state index contributed by atoms with van der Waals surface area (Å²) in [5.74, 6) is 14.8. The standard InChI is InChI=1S/C55H91NO/c1-4-13-37(14-5-1)38-23-28-45(29-24-38)56(44-18-8-3-9-19-44)46-30-25-39(26-31-46)41-27-32-48-43(33-41)35-51-47-20-11-10-17-42(47)34-52(55(48)51)49-21-12-22-53-50(49)36-54(57-53)40-15-6-2-7-16-40/h37-55H,1-36H2. The highest BCUT2D eigenvalue weighted by Gasteiger charge is 2.59. The van der Waals surface area contributed by atoms with Crippen LogP contribution < -0.4 is 0 Å². The quantitative estimate of drug-likeness (QED) is 0.255. The lowest BCUT2D eigenvalue weighted by Crippen LogP contribution is -2.52. The Balaban J connectivity index is 0.744. The van der Waals surface area contributed by atoms with Gasteiger partial charge in [-0.3, -0.25) is 4.90 Å². The molecule has 1 aliphatic heterocycles. The molecule has 1 saturated heterocycles. The molecule has 0 bridgehead atoms. The number of hydrogen-bond donors (Lipinski definition) is 0. The molecule has 10 saturated carbocycles. The van der Waals surface area contributed by atoms with Crippen LogP contribution in [0.2, 0.25) is 0 Å². The van der Waals surface area contributed by atoms with Gasteiger partial charge in [0.15, 0.2) is 0 Å². The summed E-state index contributed by atoms with van der Waals surface area (Å²) in [4.78, 5) is 3.30. The number of hydrogen-bond acceptors (Lipinski definition) is 2. The Kier molecular flexibility index (Phi) is 12.5. The zero-order valence-corrected chi connectivity index (χ0v) is 37.3. The average Bonchev–Trinajstić information content (AvgIpc) is 3.90. The van der Waals surface area contributed by atoms with Gasteiger partial charge in [-0.15, -0.1) is 0 Å². The van der Waals surface area contributed by atoms with Crippen molar-refractivity contribution < 1.29 is 4.74 Å². The van der Waals surface area contributed by atoms with Crippen molar-refractivity contribution in [1.82, 2.24) is 4.90 Å². The lowest BCUT2D eigenvalue weighted by Gasteiger charge is -2.53. The van der Waals surface area contributed by atoms with Crippen LogP contribution in [0, 0.1) is 82.9 Å². The van der Waals surface area contributed by atoms with Crippen LogP contribution in [0.25, 0.3) is 0 Å². The first kappa shape index (κ1) is 39.7. The summed E-state index contributed by atoms with van der Waals surface area (Å²) in [5.41, 5.74) is 0. The van der Waals surface area contributed by atoms with Gasteiger partial charge in [-0.25, -0.2) is 0 Å². The second-order valence-corrected chi connectivity index (χ2v) is 24.5. The van der Waals surface area contributed by atoms with Crippen molar-refractivity contribution in [1.29, 1.82) is 0 Å². The first-order valence-corrected chi connectivity index (χ1v) is 27.7. The molecule has 0 aromatic heterocycles. The van der Waals surface area contributed by atoms with E-state index in [9.17, 15) is 0 Å². The second-order valence-electron chi connectivity index (χ2n) is 24.5. The predicted octanol–water partition coefficient (Wildman–Crippen LogP) is 15.0. The molecule has 0 spiro atoms. The molecule has 0 aromatic carbocycles. The van der Waals surface area contributed by atoms with E-state index in [1.807, 2.05) is 0 Å². The van der Waals surface area contributed by atoms with Crippen molar-refractivity contribution in [2.45, 2.75) is 261 Å². The van der Waals surface area contributed by atoms with Crippen LogP contribution in [0.3, 0.4) is 0 Å². The first-order valence-electron chi connectivity index (χ1n) is 27.7. The molecular weight excluding hydrogens is 691 g/mol. The normalized spacial score (nSPS) is 49.2. The molecule has 12 atom stereocenters. The predicted molar refractivity (Wildman–Crippen MR) is 237 cm³/mol. The summed E-state index contributed by atoms with van der Waals surface area (Å²) in [5, 5.41) is 0. The van der Waals surface area contributed by atoms with Gasteiger partial charge >= 0.3 is 0 Å². The van der Waals surface area contributed by atoms with Gasteiger partial charge < -0.3 is 4.74 Å². The van der Waals surface area contributed by atoms with Gasteiger partial charge in [-0.1, -0.05) is 96.3 Å². The van der Waals surface area contributed by atoms with Crippen molar-refractivity contribution >= 4 is 0 Å². The minimum Gasteiger partial charge on any atom is -0.374 e. The lowest BCUT2D eigenvalue weighted by atomic mass is 9.52. The molecule has 2 nitrogen and oxygen atoms in total. The maximum Gasteiger partial charge on any atom is 0.0610 e. The average molecular weight is 782 g/mol. The van der Waals surface area contributed by atoms with Gasteiger partial charge in [-0.2, -0.15) is 0 Å². The molecule has 0 N–H and O–H groups in total. The van der Waals surface area contributed by atoms with E-state index >= 15 is 0 Å². The Morgan fingerprint density at radius 1 is 0.246 bits per heavy atom. The van der Waals surface area contributed by atoms with Crippen molar-refractivity contribution in [2.24, 2.45) is 82.9 Å². The van der Waals surface area contributed by atoms with Crippen LogP contribution in [-0.4, -0.2) is 35.2 Å². The monoisotopic (exact) mass is 782 g/mol. The lowest BCUT2D eigenvalue weighted by molar-refractivity contribution is -0.0651. The molecule has 12 unspecified atom stereocenters. The highest BCUT2D eigenvalue weighted by molar-refractivity contribution is 5.08. The van der Waals surface area contributed by atoms with E-state index in [1.54, 1.807) is 128 Å². The van der Waals surface area contributed by atoms with Crippen molar-refractivity contribution in [3.8, 4) is 0 Å². The molecule has 322 valence electrons. The summed E-state index contributed by atoms with van der Waals surface area (Å²) in [7, 11) is 0. The molecule has 11 aliphatic rings. The van der Waals surface area contributed by atoms with Gasteiger partial charge in [0.2, 0.25) is 0 Å². The van der Waals surface area contributed by atoms with Crippen LogP contribution in [0.5, 0.6) is 0 Å². The second kappa shape index (κ2) is 18.0. The topological polar surface area (TPSA) is 12.5 Å². The van der Waals surface area contributed by atoms with Crippen LogP contribution in [0.15, 0.2) is 0 Å². The molecular formula is C55H91NO. The van der Waals surface area contributed by atoms with E-state index < -0.39 is 0 Å². The Hall–Kier alpha value is -0.0800. The van der Waals surface area contributed by atoms with Gasteiger partial charge in [0.25, 0.3) is 0 Å². The van der Waals surface area contributed by atoms with E-state index in [2.05, 4.69) is 4.90 Å². The molecule has 2 heteroatoms. The summed E-state index contributed by atoms with van der Waals surface area (Å²) >= 11 is 0. The maximum absolute atomic E-state index is 7.15. The highest BCUT2D eigenvalue weighted by Crippen LogP contribution is 2.66. The Morgan fingerprint density at radius 2 is 0.754 bits per heavy atom. The van der Waals surface area contributed by atoms with E-state index in [1.165, 1.54) is 103 Å². The molecule has 57 heavy (non-hydrogen) atoms. The molecule has 11 rings (SSSR count). The summed E-state index contributed by atoms with van der Waals surface area (Å²) in [6.07, 6.45) is 56.8. The fourth-order valence-electron chi connectivity index (χ4n) is 19.8. The van der Waals surface area contributed by atoms with Gasteiger partial charge in [0.1, 0.15) is 0 Å². The molecule has 10 aliphatic carbocycles. The molecule has 0 amide bonds. The minimum atomic E-state index is 0.626. The van der Waals surface area contributed by atoms with E-state index in [4.69, 9.17) is 4.74 Å². The zero-order valence-electron chi connectivity index (χ0n) is 37.3. The van der Waals surface area contributed by atoms with Crippen LogP contribution in [0.1, 0.15) is 231 Å². The number of nitrogens with zero attached hydrogens (tertiary/aromatic N) is 1. The van der Waals surface area contributed by atoms with Crippen LogP contribution >= 0.6 is 0 Å². The number of rotatable bonds is 7. The van der Waals surface area contributed by atoms with E-state index in [0.29, 0.717) is 12.2 Å². The molecule has 0 aromatic rings. The van der Waals surface area contributed by atoms with Crippen molar-refractivity contribution in [2.75, 3.05) is 0 Å². The summed E-state index contributed by atoms with van der Waals surface area (Å²) < 4.78 is 7.15. The van der Waals surface area contributed by atoms with Gasteiger partial charge in [0.05, 0.1) is 12.2 Å². The third-order valence-corrected chi connectivity index (χ3v) is 22.2. The fraction of sp³-hybridized carbons (Fsp3) is 1.00. The molecule has 1 heterocycles. The van der Waals surface area contributed by atoms with Gasteiger partial charge in [0, 0.05) is 18.1 Å². The van der Waals surface area contributed by atoms with E-state index in [0.717, 1.165) is 101 Å². The van der Waals surface area contributed by atoms with E-state index in [-0.39, 0.29) is 0 Å². The Labute approximate surface area is 352 Å². The van der Waals surface area contributed by atoms with Crippen LogP contribution in [-0.2, 0) is 4.74 Å². The zero-order chi connectivity index (χ0) is 37.7. The highest BCUT2D eigenvalue weighted by atomic mass is 16.5. The SMILES string of the molecule is C1CCC(C2CCC(N(C3CCCCC3)C3CCC(C4CCC5C(C4)CC4C6CCCCC6CC(C6CCCC7OC(C8CCCCC8)CC76)C54)CC3)CC2)CC1. The van der Waals surface area contributed by atoms with Crippen molar-refractivity contribution in [3.63, 3.8) is 0 Å². The van der Waals surface area contributed by atoms with Gasteiger partial charge in [-0.05, 0) is 218 Å². The Morgan fingerprint density at radius 3 is 1.47 bits per heavy atom. The summed E-state index contributed by atoms with van der Waals surface area (Å²) in [6.45, 7) is 0. The minimum absolute atomic E-state index is 0.626. The summed E-state index contributed by atoms with van der Waals surface area (Å²) in [6, 6.07) is 2.78. The number of fused-ring (bicyclic) bond motifs is 6. The smallest absolute Gasteiger partial charge is 0.0610 e. The molecule has 11 fully saturated rings. The number of ether oxygens (including phenoxy) is 1. The van der Waals surface area contributed by atoms with Crippen LogP contribution in [0.4, 0.5) is 0 Å². The van der Waals surface area contributed by atoms with Crippen molar-refractivity contribution in [3.05, 3.63) is 0 Å². The Bertz CT molecular complexity index is 1260. The third-order valence-electron chi connectivity index (χ3n) is 22.2. The fourth-order valence-corrected chi connectivity index (χ4v) is 19.8.